The van der Waals surface area contributed by atoms with Crippen LogP contribution >= 0.6 is 0 Å². The zero-order chi connectivity index (χ0) is 26.2. The van der Waals surface area contributed by atoms with Gasteiger partial charge in [0.05, 0.1) is 17.9 Å². The second-order valence-electron chi connectivity index (χ2n) is 10.0. The smallest absolute Gasteiger partial charge is 0.248 e. The van der Waals surface area contributed by atoms with Gasteiger partial charge >= 0.3 is 0 Å². The van der Waals surface area contributed by atoms with Crippen LogP contribution in [-0.2, 0) is 4.79 Å². The van der Waals surface area contributed by atoms with E-state index in [0.29, 0.717) is 6.54 Å². The number of halogens is 1. The van der Waals surface area contributed by atoms with Crippen LogP contribution in [0.5, 0.6) is 0 Å². The number of rotatable bonds is 6. The van der Waals surface area contributed by atoms with Crippen LogP contribution in [0.25, 0.3) is 17.0 Å². The number of fused-ring (bicyclic) bond motifs is 1. The number of aliphatic hydroxyl groups is 1. The van der Waals surface area contributed by atoms with Crippen LogP contribution in [0.4, 0.5) is 16.0 Å². The van der Waals surface area contributed by atoms with Crippen molar-refractivity contribution in [2.45, 2.75) is 44.4 Å². The van der Waals surface area contributed by atoms with Crippen LogP contribution in [-0.4, -0.2) is 62.4 Å². The van der Waals surface area contributed by atoms with Gasteiger partial charge in [-0.15, -0.1) is 5.10 Å². The van der Waals surface area contributed by atoms with Crippen molar-refractivity contribution < 1.29 is 14.3 Å². The predicted octanol–water partition coefficient (Wildman–Crippen LogP) is 3.35. The Kier molecular flexibility index (Phi) is 6.40. The second-order valence-corrected chi connectivity index (χ2v) is 10.0. The van der Waals surface area contributed by atoms with Gasteiger partial charge in [0, 0.05) is 25.7 Å². The van der Waals surface area contributed by atoms with Gasteiger partial charge in [0.15, 0.2) is 5.65 Å². The van der Waals surface area contributed by atoms with Crippen molar-refractivity contribution in [1.29, 1.82) is 0 Å². The fourth-order valence-electron chi connectivity index (χ4n) is 5.44. The van der Waals surface area contributed by atoms with Gasteiger partial charge in [0.1, 0.15) is 29.3 Å². The lowest BCUT2D eigenvalue weighted by atomic mass is 10.0. The van der Waals surface area contributed by atoms with E-state index in [2.05, 4.69) is 20.1 Å². The Morgan fingerprint density at radius 3 is 2.82 bits per heavy atom. The first-order valence-electron chi connectivity index (χ1n) is 13.0. The maximum atomic E-state index is 13.9. The van der Waals surface area contributed by atoms with Crippen LogP contribution < -0.4 is 15.1 Å². The molecule has 6 rings (SSSR count). The molecule has 0 radical (unpaired) electrons. The molecule has 2 saturated heterocycles. The lowest BCUT2D eigenvalue weighted by Gasteiger charge is -2.26. The van der Waals surface area contributed by atoms with Crippen molar-refractivity contribution in [1.82, 2.24) is 24.9 Å². The third kappa shape index (κ3) is 4.67. The lowest BCUT2D eigenvalue weighted by molar-refractivity contribution is -0.129. The molecular formula is C28H30FN7O2. The molecule has 3 aromatic heterocycles. The molecule has 1 amide bonds. The van der Waals surface area contributed by atoms with Gasteiger partial charge < -0.3 is 20.2 Å². The van der Waals surface area contributed by atoms with Gasteiger partial charge in [0.2, 0.25) is 5.91 Å². The minimum absolute atomic E-state index is 0.0333. The summed E-state index contributed by atoms with van der Waals surface area (Å²) in [5.74, 6) is 1.04. The number of amides is 1. The molecule has 10 heteroatoms. The summed E-state index contributed by atoms with van der Waals surface area (Å²) in [7, 11) is 0. The first kappa shape index (κ1) is 24.3. The molecule has 2 fully saturated rings. The van der Waals surface area contributed by atoms with Crippen LogP contribution in [0.15, 0.2) is 60.8 Å². The Labute approximate surface area is 219 Å². The first-order chi connectivity index (χ1) is 18.5. The molecule has 0 spiro atoms. The van der Waals surface area contributed by atoms with E-state index in [4.69, 9.17) is 10.1 Å². The summed E-state index contributed by atoms with van der Waals surface area (Å²) >= 11 is 0. The average Bonchev–Trinajstić information content (AvgIpc) is 3.68. The fourth-order valence-corrected chi connectivity index (χ4v) is 5.44. The van der Waals surface area contributed by atoms with Crippen molar-refractivity contribution in [3.8, 4) is 11.4 Å². The number of pyridine rings is 1. The largest absolute Gasteiger partial charge is 0.384 e. The van der Waals surface area contributed by atoms with Gasteiger partial charge in [-0.2, -0.15) is 0 Å². The molecule has 0 unspecified atom stereocenters. The molecule has 0 aliphatic carbocycles. The summed E-state index contributed by atoms with van der Waals surface area (Å²) in [4.78, 5) is 25.7. The normalized spacial score (nSPS) is 20.3. The number of nitrogens with zero attached hydrogens (tertiary/aromatic N) is 6. The number of benzene rings is 1. The molecule has 2 aliphatic heterocycles. The number of hydrogen-bond donors (Lipinski definition) is 2. The van der Waals surface area contributed by atoms with Crippen molar-refractivity contribution in [2.75, 3.05) is 29.4 Å². The quantitative estimate of drug-likeness (QED) is 0.406. The van der Waals surface area contributed by atoms with Gasteiger partial charge in [0.25, 0.3) is 0 Å². The number of aromatic nitrogens is 4. The fraction of sp³-hybridized carbons (Fsp3) is 0.357. The number of anilines is 2. The molecule has 5 heterocycles. The summed E-state index contributed by atoms with van der Waals surface area (Å²) in [6.45, 7) is 3.70. The van der Waals surface area contributed by atoms with Crippen molar-refractivity contribution in [2.24, 2.45) is 0 Å². The van der Waals surface area contributed by atoms with E-state index in [1.54, 1.807) is 18.3 Å². The minimum Gasteiger partial charge on any atom is -0.384 e. The number of imidazole rings is 1. The second kappa shape index (κ2) is 10.0. The van der Waals surface area contributed by atoms with Gasteiger partial charge in [-0.1, -0.05) is 18.2 Å². The highest BCUT2D eigenvalue weighted by atomic mass is 19.1. The Bertz CT molecular complexity index is 1470. The summed E-state index contributed by atoms with van der Waals surface area (Å²) in [5, 5.41) is 17.3. The predicted molar refractivity (Wildman–Crippen MR) is 142 cm³/mol. The van der Waals surface area contributed by atoms with E-state index < -0.39 is 6.10 Å². The number of carbonyl (C=O) groups is 1. The highest BCUT2D eigenvalue weighted by Gasteiger charge is 2.29. The van der Waals surface area contributed by atoms with Gasteiger partial charge in [-0.3, -0.25) is 4.79 Å². The molecule has 3 atom stereocenters. The third-order valence-electron chi connectivity index (χ3n) is 7.36. The maximum Gasteiger partial charge on any atom is 0.248 e. The van der Waals surface area contributed by atoms with E-state index >= 15 is 0 Å². The first-order valence-corrected chi connectivity index (χ1v) is 13.0. The molecule has 4 aromatic rings. The molecule has 1 aromatic carbocycles. The Morgan fingerprint density at radius 2 is 1.97 bits per heavy atom. The number of hydrogen-bond acceptors (Lipinski definition) is 7. The van der Waals surface area contributed by atoms with Crippen LogP contribution in [0.2, 0.25) is 0 Å². The molecule has 196 valence electrons. The third-order valence-corrected chi connectivity index (χ3v) is 7.36. The van der Waals surface area contributed by atoms with Crippen molar-refractivity contribution >= 4 is 23.2 Å². The number of carbonyl (C=O) groups excluding carboxylic acids is 1. The molecule has 38 heavy (non-hydrogen) atoms. The summed E-state index contributed by atoms with van der Waals surface area (Å²) in [6, 6.07) is 16.6. The van der Waals surface area contributed by atoms with E-state index in [9.17, 15) is 14.3 Å². The van der Waals surface area contributed by atoms with Crippen molar-refractivity contribution in [3.05, 3.63) is 72.2 Å². The van der Waals surface area contributed by atoms with Crippen molar-refractivity contribution in [3.63, 3.8) is 0 Å². The van der Waals surface area contributed by atoms with Gasteiger partial charge in [-0.05, 0) is 68.1 Å². The van der Waals surface area contributed by atoms with E-state index in [-0.39, 0.29) is 23.8 Å². The molecular weight excluding hydrogens is 485 g/mol. The Morgan fingerprint density at radius 1 is 1.11 bits per heavy atom. The summed E-state index contributed by atoms with van der Waals surface area (Å²) in [5.41, 5.74) is 3.21. The molecule has 2 aliphatic rings. The molecule has 9 nitrogen and oxygen atoms in total. The molecule has 0 saturated carbocycles. The Balaban J connectivity index is 1.26. The highest BCUT2D eigenvalue weighted by Crippen LogP contribution is 2.36. The minimum atomic E-state index is -1.03. The van der Waals surface area contributed by atoms with Crippen LogP contribution in [0.1, 0.15) is 37.8 Å². The van der Waals surface area contributed by atoms with E-state index in [1.807, 2.05) is 40.9 Å². The van der Waals surface area contributed by atoms with Gasteiger partial charge in [-0.25, -0.2) is 18.9 Å². The zero-order valence-corrected chi connectivity index (χ0v) is 21.2. The monoisotopic (exact) mass is 515 g/mol. The summed E-state index contributed by atoms with van der Waals surface area (Å²) in [6.07, 6.45) is 3.49. The molecule has 0 bridgehead atoms. The lowest BCUT2D eigenvalue weighted by Crippen LogP contribution is -2.41. The van der Waals surface area contributed by atoms with Crippen LogP contribution in [0.3, 0.4) is 0 Å². The SMILES string of the molecule is C[C@H](O)C(=O)N[C@@H]1CCN(c2cccc(-c3cnc4ccc(N5CCC[C@@H]5c5cccc(F)c5)nn34)n2)C1. The average molecular weight is 516 g/mol. The molecule has 2 N–H and O–H groups in total. The van der Waals surface area contributed by atoms with E-state index in [1.165, 1.54) is 13.0 Å². The number of nitrogens with one attached hydrogen (secondary N) is 1. The van der Waals surface area contributed by atoms with Crippen LogP contribution in [0, 0.1) is 5.82 Å². The summed E-state index contributed by atoms with van der Waals surface area (Å²) < 4.78 is 15.7. The standard InChI is InChI=1S/C28H30FN7O2/c1-18(37)28(38)31-21-12-14-34(17-21)26-9-3-7-22(32-26)24-16-30-25-10-11-27(33-36(24)25)35-13-4-8-23(35)19-5-2-6-20(29)15-19/h2-3,5-7,9-11,15-16,18,21,23,37H,4,8,12-14,17H2,1H3,(H,31,38)/t18-,21+,23+/m0/s1. The highest BCUT2D eigenvalue weighted by molar-refractivity contribution is 5.80. The van der Waals surface area contributed by atoms with E-state index in [0.717, 1.165) is 66.6 Å². The topological polar surface area (TPSA) is 98.9 Å². The maximum absolute atomic E-state index is 13.9. The number of aliphatic hydroxyl groups excluding tert-OH is 1. The zero-order valence-electron chi connectivity index (χ0n) is 21.2. The Hall–Kier alpha value is -4.05.